The largest absolute Gasteiger partial charge is 0.315 e. The monoisotopic (exact) mass is 307 g/mol. The number of aryl methyl sites for hydroxylation is 2. The number of carbonyl (C=O) groups excluding carboxylic acids is 1. The van der Waals surface area contributed by atoms with Gasteiger partial charge >= 0.3 is 4.87 Å². The van der Waals surface area contributed by atoms with Crippen LogP contribution in [-0.4, -0.2) is 10.5 Å². The van der Waals surface area contributed by atoms with E-state index < -0.39 is 0 Å². The van der Waals surface area contributed by atoms with Crippen LogP contribution in [0.5, 0.6) is 0 Å². The first-order valence-electron chi connectivity index (χ1n) is 5.89. The number of nitriles is 1. The second kappa shape index (κ2) is 5.61. The van der Waals surface area contributed by atoms with E-state index >= 15 is 0 Å². The minimum atomic E-state index is -0.300. The summed E-state index contributed by atoms with van der Waals surface area (Å²) < 4.78 is 1.42. The third-order valence-electron chi connectivity index (χ3n) is 3.03. The zero-order valence-corrected chi connectivity index (χ0v) is 12.9. The summed E-state index contributed by atoms with van der Waals surface area (Å²) in [5.41, 5.74) is 2.14. The number of rotatable bonds is 3. The Hall–Kier alpha value is -1.91. The molecule has 7 heteroatoms. The summed E-state index contributed by atoms with van der Waals surface area (Å²) >= 11 is 2.45. The van der Waals surface area contributed by atoms with Gasteiger partial charge in [-0.1, -0.05) is 11.3 Å². The van der Waals surface area contributed by atoms with E-state index in [0.717, 1.165) is 27.5 Å². The molecule has 5 nitrogen and oxygen atoms in total. The molecule has 20 heavy (non-hydrogen) atoms. The van der Waals surface area contributed by atoms with Crippen LogP contribution in [0.15, 0.2) is 10.2 Å². The van der Waals surface area contributed by atoms with Crippen molar-refractivity contribution in [2.24, 2.45) is 0 Å². The standard InChI is InChI=1S/C13H13N3O2S2/c1-7-6-19-13(18)16(7)5-11(17)15-12-10(4-14)8(2)9(3)20-12/h6H,5H2,1-3H3,(H,15,17). The van der Waals surface area contributed by atoms with Gasteiger partial charge in [-0.3, -0.25) is 14.2 Å². The van der Waals surface area contributed by atoms with E-state index in [1.54, 1.807) is 12.3 Å². The molecular weight excluding hydrogens is 294 g/mol. The highest BCUT2D eigenvalue weighted by Gasteiger charge is 2.15. The average molecular weight is 307 g/mol. The summed E-state index contributed by atoms with van der Waals surface area (Å²) in [5, 5.41) is 14.1. The van der Waals surface area contributed by atoms with E-state index in [1.165, 1.54) is 15.9 Å². The summed E-state index contributed by atoms with van der Waals surface area (Å²) in [6.07, 6.45) is 0. The number of hydrogen-bond donors (Lipinski definition) is 1. The number of thiophene rings is 1. The summed E-state index contributed by atoms with van der Waals surface area (Å²) in [6.45, 7) is 5.51. The average Bonchev–Trinajstić information content (AvgIpc) is 2.84. The van der Waals surface area contributed by atoms with Crippen molar-refractivity contribution in [2.45, 2.75) is 27.3 Å². The molecule has 0 aliphatic carbocycles. The predicted molar refractivity (Wildman–Crippen MR) is 80.5 cm³/mol. The quantitative estimate of drug-likeness (QED) is 0.946. The highest BCUT2D eigenvalue weighted by Crippen LogP contribution is 2.31. The smallest absolute Gasteiger partial charge is 0.307 e. The number of hydrogen-bond acceptors (Lipinski definition) is 5. The highest BCUT2D eigenvalue weighted by atomic mass is 32.1. The molecule has 2 heterocycles. The van der Waals surface area contributed by atoms with E-state index in [4.69, 9.17) is 5.26 Å². The Morgan fingerprint density at radius 3 is 2.70 bits per heavy atom. The number of nitrogens with zero attached hydrogens (tertiary/aromatic N) is 2. The van der Waals surface area contributed by atoms with Crippen LogP contribution in [0.3, 0.4) is 0 Å². The first-order valence-corrected chi connectivity index (χ1v) is 7.58. The van der Waals surface area contributed by atoms with Crippen molar-refractivity contribution in [1.29, 1.82) is 5.26 Å². The molecule has 2 aromatic heterocycles. The Morgan fingerprint density at radius 2 is 2.15 bits per heavy atom. The van der Waals surface area contributed by atoms with E-state index in [0.29, 0.717) is 10.6 Å². The Kier molecular flexibility index (Phi) is 4.06. The number of thiazole rings is 1. The maximum atomic E-state index is 12.0. The topological polar surface area (TPSA) is 74.9 Å². The maximum Gasteiger partial charge on any atom is 0.307 e. The van der Waals surface area contributed by atoms with Gasteiger partial charge in [-0.05, 0) is 26.3 Å². The molecule has 0 atom stereocenters. The van der Waals surface area contributed by atoms with Crippen LogP contribution in [0.4, 0.5) is 5.00 Å². The van der Waals surface area contributed by atoms with Gasteiger partial charge in [0, 0.05) is 16.0 Å². The number of nitrogens with one attached hydrogen (secondary N) is 1. The molecule has 2 rings (SSSR count). The Morgan fingerprint density at radius 1 is 1.45 bits per heavy atom. The van der Waals surface area contributed by atoms with Crippen LogP contribution < -0.4 is 10.2 Å². The second-order valence-electron chi connectivity index (χ2n) is 4.38. The molecule has 0 saturated heterocycles. The van der Waals surface area contributed by atoms with Gasteiger partial charge in [0.2, 0.25) is 5.91 Å². The lowest BCUT2D eigenvalue weighted by molar-refractivity contribution is -0.116. The molecule has 0 fully saturated rings. The minimum absolute atomic E-state index is 0.0327. The van der Waals surface area contributed by atoms with Crippen LogP contribution in [-0.2, 0) is 11.3 Å². The SMILES string of the molecule is Cc1sc(NC(=O)Cn2c(C)csc2=O)c(C#N)c1C. The van der Waals surface area contributed by atoms with Gasteiger partial charge in [0.1, 0.15) is 17.6 Å². The van der Waals surface area contributed by atoms with Crippen molar-refractivity contribution in [1.82, 2.24) is 4.57 Å². The minimum Gasteiger partial charge on any atom is -0.315 e. The zero-order valence-electron chi connectivity index (χ0n) is 11.3. The number of carbonyl (C=O) groups is 1. The molecule has 0 aromatic carbocycles. The van der Waals surface area contributed by atoms with Crippen LogP contribution in [0.25, 0.3) is 0 Å². The van der Waals surface area contributed by atoms with E-state index in [1.807, 2.05) is 13.8 Å². The van der Waals surface area contributed by atoms with Gasteiger partial charge < -0.3 is 5.32 Å². The molecule has 1 N–H and O–H groups in total. The summed E-state index contributed by atoms with van der Waals surface area (Å²) in [5.74, 6) is -0.300. The summed E-state index contributed by atoms with van der Waals surface area (Å²) in [4.78, 5) is 24.4. The van der Waals surface area contributed by atoms with Crippen LogP contribution in [0, 0.1) is 32.1 Å². The fourth-order valence-corrected chi connectivity index (χ4v) is 3.52. The number of amides is 1. The van der Waals surface area contributed by atoms with Crippen molar-refractivity contribution in [3.05, 3.63) is 36.7 Å². The van der Waals surface area contributed by atoms with Gasteiger partial charge in [0.15, 0.2) is 0 Å². The molecule has 0 saturated carbocycles. The zero-order chi connectivity index (χ0) is 14.9. The molecule has 0 aliphatic heterocycles. The van der Waals surface area contributed by atoms with Crippen LogP contribution in [0.2, 0.25) is 0 Å². The third-order valence-corrected chi connectivity index (χ3v) is 5.03. The van der Waals surface area contributed by atoms with Gasteiger partial charge in [0.05, 0.1) is 5.56 Å². The number of aromatic nitrogens is 1. The molecule has 0 spiro atoms. The Balaban J connectivity index is 2.20. The Bertz CT molecular complexity index is 762. The predicted octanol–water partition coefficient (Wildman–Crippen LogP) is 2.41. The van der Waals surface area contributed by atoms with Crippen molar-refractivity contribution in [2.75, 3.05) is 5.32 Å². The molecule has 1 amide bonds. The number of anilines is 1. The Labute approximate surface area is 124 Å². The highest BCUT2D eigenvalue weighted by molar-refractivity contribution is 7.16. The lowest BCUT2D eigenvalue weighted by Gasteiger charge is -2.05. The van der Waals surface area contributed by atoms with Crippen LogP contribution >= 0.6 is 22.7 Å². The second-order valence-corrected chi connectivity index (χ2v) is 6.42. The maximum absolute atomic E-state index is 12.0. The van der Waals surface area contributed by atoms with Gasteiger partial charge in [-0.25, -0.2) is 0 Å². The molecule has 2 aromatic rings. The third kappa shape index (κ3) is 2.66. The van der Waals surface area contributed by atoms with Crippen molar-refractivity contribution in [3.8, 4) is 6.07 Å². The normalized spacial score (nSPS) is 10.3. The van der Waals surface area contributed by atoms with E-state index in [-0.39, 0.29) is 17.3 Å². The fraction of sp³-hybridized carbons (Fsp3) is 0.308. The lowest BCUT2D eigenvalue weighted by atomic mass is 10.2. The molecule has 104 valence electrons. The molecule has 0 radical (unpaired) electrons. The lowest BCUT2D eigenvalue weighted by Crippen LogP contribution is -2.25. The van der Waals surface area contributed by atoms with E-state index in [9.17, 15) is 9.59 Å². The molecule has 0 unspecified atom stereocenters. The van der Waals surface area contributed by atoms with Crippen molar-refractivity contribution >= 4 is 33.6 Å². The first kappa shape index (κ1) is 14.5. The summed E-state index contributed by atoms with van der Waals surface area (Å²) in [7, 11) is 0. The van der Waals surface area contributed by atoms with E-state index in [2.05, 4.69) is 11.4 Å². The molecule has 0 aliphatic rings. The van der Waals surface area contributed by atoms with Gasteiger partial charge in [-0.2, -0.15) is 5.26 Å². The van der Waals surface area contributed by atoms with Gasteiger partial charge in [-0.15, -0.1) is 11.3 Å². The first-order chi connectivity index (χ1) is 9.43. The van der Waals surface area contributed by atoms with Crippen LogP contribution in [0.1, 0.15) is 21.7 Å². The molecular formula is C13H13N3O2S2. The molecule has 0 bridgehead atoms. The fourth-order valence-electron chi connectivity index (χ4n) is 1.76. The van der Waals surface area contributed by atoms with Crippen molar-refractivity contribution in [3.63, 3.8) is 0 Å². The van der Waals surface area contributed by atoms with Crippen molar-refractivity contribution < 1.29 is 4.79 Å². The summed E-state index contributed by atoms with van der Waals surface area (Å²) in [6, 6.07) is 2.10. The van der Waals surface area contributed by atoms with Gasteiger partial charge in [0.25, 0.3) is 0 Å².